The molecule has 0 bridgehead atoms. The molecule has 9 heteroatoms. The predicted molar refractivity (Wildman–Crippen MR) is 187 cm³/mol. The van der Waals surface area contributed by atoms with Crippen LogP contribution in [0.15, 0.2) is 121 Å². The van der Waals surface area contributed by atoms with E-state index < -0.39 is 48.4 Å². The van der Waals surface area contributed by atoms with Crippen LogP contribution < -0.4 is 0 Å². The molecule has 2 heterocycles. The lowest BCUT2D eigenvalue weighted by Gasteiger charge is -2.55. The van der Waals surface area contributed by atoms with Gasteiger partial charge in [0.05, 0.1) is 33.0 Å². The smallest absolute Gasteiger partial charge is 0.220 e. The van der Waals surface area contributed by atoms with Crippen LogP contribution in [0.25, 0.3) is 0 Å². The number of hydrogen-bond acceptors (Lipinski definition) is 9. The fraction of sp³-hybridized carbons (Fsp3) is 0.415. The zero-order valence-corrected chi connectivity index (χ0v) is 29.2. The Labute approximate surface area is 295 Å². The quantitative estimate of drug-likeness (QED) is 0.132. The van der Waals surface area contributed by atoms with Crippen LogP contribution >= 0.6 is 0 Å². The molecule has 0 saturated carbocycles. The first kappa shape index (κ1) is 36.3. The van der Waals surface area contributed by atoms with Crippen LogP contribution in [-0.4, -0.2) is 69.5 Å². The molecule has 0 radical (unpaired) electrons. The molecule has 3 unspecified atom stereocenters. The van der Waals surface area contributed by atoms with Crippen molar-refractivity contribution >= 4 is 0 Å². The monoisotopic (exact) mass is 684 g/mol. The summed E-state index contributed by atoms with van der Waals surface area (Å²) in [5.74, 6) is -2.65. The minimum absolute atomic E-state index is 0.205. The van der Waals surface area contributed by atoms with Crippen LogP contribution in [0.2, 0.25) is 0 Å². The molecule has 0 aromatic heterocycles. The van der Waals surface area contributed by atoms with Crippen molar-refractivity contribution in [3.05, 3.63) is 144 Å². The van der Waals surface area contributed by atoms with Gasteiger partial charge in [-0.15, -0.1) is 0 Å². The Bertz CT molecular complexity index is 1560. The third-order valence-electron chi connectivity index (χ3n) is 9.48. The van der Waals surface area contributed by atoms with Gasteiger partial charge in [-0.1, -0.05) is 121 Å². The van der Waals surface area contributed by atoms with Gasteiger partial charge in [-0.05, 0) is 30.5 Å². The van der Waals surface area contributed by atoms with Gasteiger partial charge in [-0.2, -0.15) is 0 Å². The van der Waals surface area contributed by atoms with Crippen molar-refractivity contribution < 1.29 is 42.6 Å². The Morgan fingerprint density at radius 1 is 0.640 bits per heavy atom. The van der Waals surface area contributed by atoms with E-state index in [9.17, 15) is 0 Å². The Hall–Kier alpha value is -3.48. The lowest BCUT2D eigenvalue weighted by molar-refractivity contribution is -0.469. The van der Waals surface area contributed by atoms with Gasteiger partial charge in [0.2, 0.25) is 11.6 Å². The van der Waals surface area contributed by atoms with E-state index >= 15 is 0 Å². The molecule has 4 aromatic rings. The molecule has 2 fully saturated rings. The van der Waals surface area contributed by atoms with E-state index in [2.05, 4.69) is 0 Å². The first-order valence-electron chi connectivity index (χ1n) is 17.1. The predicted octanol–water partition coefficient (Wildman–Crippen LogP) is 7.00. The second-order valence-corrected chi connectivity index (χ2v) is 12.8. The van der Waals surface area contributed by atoms with E-state index in [1.165, 1.54) is 0 Å². The summed E-state index contributed by atoms with van der Waals surface area (Å²) in [6.45, 7) is 5.15. The Balaban J connectivity index is 1.35. The van der Waals surface area contributed by atoms with Crippen molar-refractivity contribution in [2.75, 3.05) is 27.4 Å². The van der Waals surface area contributed by atoms with Crippen molar-refractivity contribution in [1.29, 1.82) is 0 Å². The van der Waals surface area contributed by atoms with Gasteiger partial charge in [0, 0.05) is 19.8 Å². The lowest BCUT2D eigenvalue weighted by atomic mass is 9.93. The van der Waals surface area contributed by atoms with E-state index in [0.717, 1.165) is 22.3 Å². The summed E-state index contributed by atoms with van der Waals surface area (Å²) in [5, 5.41) is 0. The van der Waals surface area contributed by atoms with Gasteiger partial charge in [-0.3, -0.25) is 0 Å². The summed E-state index contributed by atoms with van der Waals surface area (Å²) >= 11 is 0. The molecule has 50 heavy (non-hydrogen) atoms. The molecule has 0 amide bonds. The number of hydrogen-bond donors (Lipinski definition) is 0. The molecule has 0 N–H and O–H groups in total. The maximum absolute atomic E-state index is 6.98. The highest BCUT2D eigenvalue weighted by atomic mass is 16.8. The number of methoxy groups -OCH3 is 2. The molecule has 2 aliphatic rings. The molecule has 4 aromatic carbocycles. The van der Waals surface area contributed by atoms with Crippen molar-refractivity contribution in [3.63, 3.8) is 0 Å². The SMILES string of the molecule is COC1(C)O[C@@H]([C@@H]2OC(c3ccccc3)OC[C@H]2OCc2ccccc2)[C@H]([C@H](COCc2ccccc2)OCc2ccccc2)OC1(C)OC. The highest BCUT2D eigenvalue weighted by molar-refractivity contribution is 5.18. The summed E-state index contributed by atoms with van der Waals surface area (Å²) in [7, 11) is 3.15. The number of ether oxygens (including phenoxy) is 9. The first-order chi connectivity index (χ1) is 24.4. The second kappa shape index (κ2) is 17.2. The third-order valence-corrected chi connectivity index (χ3v) is 9.48. The summed E-state index contributed by atoms with van der Waals surface area (Å²) < 4.78 is 58.6. The van der Waals surface area contributed by atoms with Crippen molar-refractivity contribution in [2.45, 2.75) is 82.1 Å². The summed E-state index contributed by atoms with van der Waals surface area (Å²) in [6, 6.07) is 39.9. The Morgan fingerprint density at radius 3 is 1.74 bits per heavy atom. The average molecular weight is 685 g/mol. The largest absolute Gasteiger partial charge is 0.374 e. The van der Waals surface area contributed by atoms with E-state index in [0.29, 0.717) is 19.8 Å². The van der Waals surface area contributed by atoms with E-state index in [-0.39, 0.29) is 13.2 Å². The second-order valence-electron chi connectivity index (χ2n) is 12.8. The van der Waals surface area contributed by atoms with Crippen LogP contribution in [0.3, 0.4) is 0 Å². The normalized spacial score (nSPS) is 29.0. The fourth-order valence-electron chi connectivity index (χ4n) is 6.30. The van der Waals surface area contributed by atoms with Crippen LogP contribution in [0.5, 0.6) is 0 Å². The van der Waals surface area contributed by atoms with Gasteiger partial charge < -0.3 is 42.6 Å². The molecule has 0 aliphatic carbocycles. The highest BCUT2D eigenvalue weighted by Gasteiger charge is 2.61. The third kappa shape index (κ3) is 8.69. The standard InChI is InChI=1S/C41H48O9/c1-40(42-3)41(2,43-4)50-38(36-35(46-27-32-21-13-7-14-22-32)29-47-39(48-36)33-23-15-8-16-24-33)37(49-40)34(45-26-31-19-11-6-12-20-31)28-44-25-30-17-9-5-10-18-30/h5-24,34-39H,25-29H2,1-4H3/t34-,35+,36+,37-,38-,39?,40?,41?/m0/s1. The van der Waals surface area contributed by atoms with Gasteiger partial charge in [0.1, 0.15) is 30.5 Å². The molecule has 6 rings (SSSR count). The maximum Gasteiger partial charge on any atom is 0.220 e. The van der Waals surface area contributed by atoms with Crippen molar-refractivity contribution in [2.24, 2.45) is 0 Å². The summed E-state index contributed by atoms with van der Waals surface area (Å²) in [4.78, 5) is 0. The molecule has 0 spiro atoms. The Kier molecular flexibility index (Phi) is 12.5. The van der Waals surface area contributed by atoms with Gasteiger partial charge in [-0.25, -0.2) is 0 Å². The molecule has 9 nitrogen and oxygen atoms in total. The lowest BCUT2D eigenvalue weighted by Crippen LogP contribution is -2.71. The van der Waals surface area contributed by atoms with Gasteiger partial charge >= 0.3 is 0 Å². The van der Waals surface area contributed by atoms with Crippen LogP contribution in [-0.2, 0) is 62.5 Å². The van der Waals surface area contributed by atoms with Crippen LogP contribution in [0, 0.1) is 0 Å². The Morgan fingerprint density at radius 2 is 1.16 bits per heavy atom. The highest BCUT2D eigenvalue weighted by Crippen LogP contribution is 2.44. The minimum Gasteiger partial charge on any atom is -0.374 e. The van der Waals surface area contributed by atoms with Crippen LogP contribution in [0.1, 0.15) is 42.4 Å². The zero-order chi connectivity index (χ0) is 34.8. The fourth-order valence-corrected chi connectivity index (χ4v) is 6.30. The average Bonchev–Trinajstić information content (AvgIpc) is 3.18. The van der Waals surface area contributed by atoms with Gasteiger partial charge in [0.15, 0.2) is 6.29 Å². The topological polar surface area (TPSA) is 83.1 Å². The maximum atomic E-state index is 6.98. The summed E-state index contributed by atoms with van der Waals surface area (Å²) in [5.41, 5.74) is 3.97. The minimum atomic E-state index is -1.33. The molecule has 266 valence electrons. The van der Waals surface area contributed by atoms with Gasteiger partial charge in [0.25, 0.3) is 0 Å². The van der Waals surface area contributed by atoms with Crippen molar-refractivity contribution in [1.82, 2.24) is 0 Å². The molecule has 2 aliphatic heterocycles. The summed E-state index contributed by atoms with van der Waals surface area (Å²) in [6.07, 6.45) is -3.99. The molecule has 2 saturated heterocycles. The number of rotatable bonds is 15. The molecular formula is C41H48O9. The van der Waals surface area contributed by atoms with E-state index in [1.807, 2.05) is 121 Å². The number of benzene rings is 4. The van der Waals surface area contributed by atoms with Crippen molar-refractivity contribution in [3.8, 4) is 0 Å². The molecular weight excluding hydrogens is 636 g/mol. The van der Waals surface area contributed by atoms with Crippen LogP contribution in [0.4, 0.5) is 0 Å². The van der Waals surface area contributed by atoms with E-state index in [4.69, 9.17) is 42.6 Å². The molecule has 8 atom stereocenters. The first-order valence-corrected chi connectivity index (χ1v) is 17.1. The zero-order valence-electron chi connectivity index (χ0n) is 29.2. The van der Waals surface area contributed by atoms with E-state index in [1.54, 1.807) is 28.1 Å².